The number of fused-ring (bicyclic) bond motifs is 1. The van der Waals surface area contributed by atoms with E-state index in [1.807, 2.05) is 42.5 Å². The van der Waals surface area contributed by atoms with Gasteiger partial charge in [-0.05, 0) is 22.9 Å². The smallest absolute Gasteiger partial charge is 0.248 e. The largest absolute Gasteiger partial charge is 0.280 e. The monoisotopic (exact) mass is 389 g/mol. The van der Waals surface area contributed by atoms with Crippen molar-refractivity contribution >= 4 is 20.6 Å². The predicted octanol–water partition coefficient (Wildman–Crippen LogP) is 2.95. The molecule has 0 amide bonds. The molecule has 2 aromatic carbocycles. The molecule has 2 aromatic heterocycles. The van der Waals surface area contributed by atoms with E-state index in [0.29, 0.717) is 17.3 Å². The number of nitrogens with zero attached hydrogens (tertiary/aromatic N) is 5. The molecule has 0 radical (unpaired) electrons. The van der Waals surface area contributed by atoms with E-state index in [1.54, 1.807) is 16.8 Å². The van der Waals surface area contributed by atoms with E-state index >= 15 is 0 Å². The third-order valence-corrected chi connectivity index (χ3v) is 5.14. The molecule has 0 aliphatic carbocycles. The van der Waals surface area contributed by atoms with Gasteiger partial charge in [0.05, 0.1) is 24.4 Å². The van der Waals surface area contributed by atoms with Crippen molar-refractivity contribution < 1.29 is 8.42 Å². The van der Waals surface area contributed by atoms with Gasteiger partial charge in [-0.15, -0.1) is 0 Å². The summed E-state index contributed by atoms with van der Waals surface area (Å²) < 4.78 is 25.4. The highest BCUT2D eigenvalue weighted by Crippen LogP contribution is 2.27. The number of sulfone groups is 1. The maximum atomic E-state index is 11.9. The summed E-state index contributed by atoms with van der Waals surface area (Å²) in [7, 11) is -3.57. The molecule has 138 valence electrons. The summed E-state index contributed by atoms with van der Waals surface area (Å²) in [6.45, 7) is 0. The maximum Gasteiger partial charge on any atom is 0.248 e. The summed E-state index contributed by atoms with van der Waals surface area (Å²) in [5.74, 6) is 0.926. The van der Waals surface area contributed by atoms with E-state index in [4.69, 9.17) is 0 Å². The van der Waals surface area contributed by atoms with Gasteiger partial charge in [0, 0.05) is 18.0 Å². The first-order chi connectivity index (χ1) is 13.5. The van der Waals surface area contributed by atoms with Crippen molar-refractivity contribution in [2.75, 3.05) is 6.26 Å². The average Bonchev–Trinajstić information content (AvgIpc) is 3.11. The van der Waals surface area contributed by atoms with Crippen LogP contribution in [0.15, 0.2) is 66.1 Å². The van der Waals surface area contributed by atoms with Gasteiger partial charge in [-0.3, -0.25) is 4.57 Å². The van der Waals surface area contributed by atoms with Gasteiger partial charge in [0.2, 0.25) is 15.0 Å². The summed E-state index contributed by atoms with van der Waals surface area (Å²) in [5.41, 5.74) is 1.45. The average molecular weight is 389 g/mol. The Morgan fingerprint density at radius 2 is 1.86 bits per heavy atom. The SMILES string of the molecule is CS(=O)(=O)c1nccc(-n2c(CC#N)cnc2-c2ccc3ccccc3c2)n1. The molecular formula is C20H15N5O2S. The van der Waals surface area contributed by atoms with Crippen LogP contribution in [0.3, 0.4) is 0 Å². The zero-order valence-electron chi connectivity index (χ0n) is 14.9. The zero-order chi connectivity index (χ0) is 19.7. The number of nitriles is 1. The first-order valence-corrected chi connectivity index (χ1v) is 10.3. The summed E-state index contributed by atoms with van der Waals surface area (Å²) in [5, 5.41) is 11.1. The lowest BCUT2D eigenvalue weighted by Crippen LogP contribution is -2.10. The van der Waals surface area contributed by atoms with Crippen LogP contribution in [0.4, 0.5) is 0 Å². The van der Waals surface area contributed by atoms with Gasteiger partial charge in [0.25, 0.3) is 0 Å². The van der Waals surface area contributed by atoms with E-state index in [-0.39, 0.29) is 11.6 Å². The van der Waals surface area contributed by atoms with Crippen molar-refractivity contribution in [2.45, 2.75) is 11.6 Å². The van der Waals surface area contributed by atoms with Crippen LogP contribution in [-0.2, 0) is 16.3 Å². The number of aromatic nitrogens is 4. The summed E-state index contributed by atoms with van der Waals surface area (Å²) in [6, 6.07) is 17.6. The van der Waals surface area contributed by atoms with Gasteiger partial charge >= 0.3 is 0 Å². The maximum absolute atomic E-state index is 11.9. The molecule has 0 unspecified atom stereocenters. The molecule has 0 bridgehead atoms. The molecule has 0 aliphatic heterocycles. The summed E-state index contributed by atoms with van der Waals surface area (Å²) in [4.78, 5) is 12.5. The Morgan fingerprint density at radius 3 is 2.61 bits per heavy atom. The highest BCUT2D eigenvalue weighted by Gasteiger charge is 2.18. The van der Waals surface area contributed by atoms with Gasteiger partial charge in [-0.2, -0.15) is 5.26 Å². The second-order valence-electron chi connectivity index (χ2n) is 6.27. The van der Waals surface area contributed by atoms with E-state index in [0.717, 1.165) is 22.6 Å². The highest BCUT2D eigenvalue weighted by atomic mass is 32.2. The predicted molar refractivity (Wildman–Crippen MR) is 105 cm³/mol. The first-order valence-electron chi connectivity index (χ1n) is 8.43. The standard InChI is InChI=1S/C20H15N5O2S/c1-28(26,27)20-22-11-9-18(24-20)25-17(8-10-21)13-23-19(25)16-7-6-14-4-2-3-5-15(14)12-16/h2-7,9,11-13H,8H2,1H3. The molecule has 0 atom stereocenters. The molecule has 7 nitrogen and oxygen atoms in total. The van der Waals surface area contributed by atoms with Crippen LogP contribution in [0.2, 0.25) is 0 Å². The third kappa shape index (κ3) is 3.23. The zero-order valence-corrected chi connectivity index (χ0v) is 15.8. The molecule has 28 heavy (non-hydrogen) atoms. The second kappa shape index (κ2) is 6.87. The van der Waals surface area contributed by atoms with Crippen molar-refractivity contribution in [1.82, 2.24) is 19.5 Å². The Labute approximate surface area is 161 Å². The van der Waals surface area contributed by atoms with E-state index < -0.39 is 9.84 Å². The minimum Gasteiger partial charge on any atom is -0.280 e. The second-order valence-corrected chi connectivity index (χ2v) is 8.18. The molecule has 2 heterocycles. The fourth-order valence-electron chi connectivity index (χ4n) is 3.02. The molecule has 4 rings (SSSR count). The molecule has 0 N–H and O–H groups in total. The lowest BCUT2D eigenvalue weighted by atomic mass is 10.1. The number of rotatable bonds is 4. The van der Waals surface area contributed by atoms with Gasteiger partial charge in [0.15, 0.2) is 0 Å². The van der Waals surface area contributed by atoms with Crippen LogP contribution in [0, 0.1) is 11.3 Å². The molecule has 8 heteroatoms. The molecule has 0 saturated heterocycles. The van der Waals surface area contributed by atoms with E-state index in [9.17, 15) is 13.7 Å². The van der Waals surface area contributed by atoms with Crippen LogP contribution in [0.25, 0.3) is 28.0 Å². The molecule has 0 saturated carbocycles. The Balaban J connectivity index is 1.94. The van der Waals surface area contributed by atoms with Gasteiger partial charge in [-0.1, -0.05) is 36.4 Å². The minimum absolute atomic E-state index is 0.110. The first kappa shape index (κ1) is 17.8. The van der Waals surface area contributed by atoms with Gasteiger partial charge < -0.3 is 0 Å². The Hall–Kier alpha value is -3.57. The van der Waals surface area contributed by atoms with E-state index in [1.165, 1.54) is 6.20 Å². The fourth-order valence-corrected chi connectivity index (χ4v) is 3.53. The molecule has 0 aliphatic rings. The Kier molecular flexibility index (Phi) is 4.37. The fraction of sp³-hybridized carbons (Fsp3) is 0.100. The number of hydrogen-bond acceptors (Lipinski definition) is 6. The van der Waals surface area contributed by atoms with E-state index in [2.05, 4.69) is 21.0 Å². The van der Waals surface area contributed by atoms with Crippen molar-refractivity contribution in [2.24, 2.45) is 0 Å². The van der Waals surface area contributed by atoms with Gasteiger partial charge in [-0.25, -0.2) is 23.4 Å². The topological polar surface area (TPSA) is 102 Å². The molecule has 0 spiro atoms. The quantitative estimate of drug-likeness (QED) is 0.497. The lowest BCUT2D eigenvalue weighted by Gasteiger charge is -2.11. The Morgan fingerprint density at radius 1 is 1.07 bits per heavy atom. The van der Waals surface area contributed by atoms with Crippen molar-refractivity contribution in [3.05, 3.63) is 66.6 Å². The molecular weight excluding hydrogens is 374 g/mol. The Bertz CT molecular complexity index is 1340. The minimum atomic E-state index is -3.57. The van der Waals surface area contributed by atoms with Crippen molar-refractivity contribution in [3.63, 3.8) is 0 Å². The van der Waals surface area contributed by atoms with Gasteiger partial charge in [0.1, 0.15) is 11.6 Å². The van der Waals surface area contributed by atoms with Crippen LogP contribution in [-0.4, -0.2) is 34.2 Å². The number of hydrogen-bond donors (Lipinski definition) is 0. The van der Waals surface area contributed by atoms with Crippen molar-refractivity contribution in [3.8, 4) is 23.3 Å². The molecule has 4 aromatic rings. The summed E-state index contributed by atoms with van der Waals surface area (Å²) >= 11 is 0. The van der Waals surface area contributed by atoms with Crippen LogP contribution >= 0.6 is 0 Å². The number of imidazole rings is 1. The van der Waals surface area contributed by atoms with Crippen LogP contribution < -0.4 is 0 Å². The number of benzene rings is 2. The van der Waals surface area contributed by atoms with Crippen LogP contribution in [0.1, 0.15) is 5.69 Å². The van der Waals surface area contributed by atoms with Crippen LogP contribution in [0.5, 0.6) is 0 Å². The van der Waals surface area contributed by atoms with Crippen molar-refractivity contribution in [1.29, 1.82) is 5.26 Å². The lowest BCUT2D eigenvalue weighted by molar-refractivity contribution is 0.592. The highest BCUT2D eigenvalue weighted by molar-refractivity contribution is 7.90. The molecule has 0 fully saturated rings. The normalized spacial score (nSPS) is 11.4. The third-order valence-electron chi connectivity index (χ3n) is 4.28. The summed E-state index contributed by atoms with van der Waals surface area (Å²) in [6.07, 6.45) is 4.16.